The van der Waals surface area contributed by atoms with Crippen LogP contribution in [-0.4, -0.2) is 30.8 Å². The summed E-state index contributed by atoms with van der Waals surface area (Å²) >= 11 is 0. The Hall–Kier alpha value is -1.16. The van der Waals surface area contributed by atoms with Crippen LogP contribution in [0.25, 0.3) is 0 Å². The van der Waals surface area contributed by atoms with Crippen molar-refractivity contribution < 1.29 is 9.13 Å². The highest BCUT2D eigenvalue weighted by molar-refractivity contribution is 5.46. The van der Waals surface area contributed by atoms with E-state index in [-0.39, 0.29) is 5.60 Å². The van der Waals surface area contributed by atoms with E-state index in [9.17, 15) is 4.39 Å². The average molecular weight is 210 g/mol. The van der Waals surface area contributed by atoms with Gasteiger partial charge < -0.3 is 9.64 Å². The number of pyridine rings is 1. The summed E-state index contributed by atoms with van der Waals surface area (Å²) in [5.41, 5.74) is 0.767. The number of nitrogens with zero attached hydrogens (tertiary/aromatic N) is 2. The van der Waals surface area contributed by atoms with Gasteiger partial charge in [0, 0.05) is 38.1 Å². The van der Waals surface area contributed by atoms with Gasteiger partial charge in [-0.2, -0.15) is 4.39 Å². The smallest absolute Gasteiger partial charge is 0.214 e. The third-order valence-electron chi connectivity index (χ3n) is 3.00. The molecule has 2 heterocycles. The first-order valence-electron chi connectivity index (χ1n) is 5.05. The SMILES string of the molecule is COC1(C)CCN(c2ccnc(F)c2)C1. The first-order chi connectivity index (χ1) is 7.13. The third kappa shape index (κ3) is 2.09. The zero-order valence-electron chi connectivity index (χ0n) is 9.03. The predicted octanol–water partition coefficient (Wildman–Crippen LogP) is 1.84. The van der Waals surface area contributed by atoms with E-state index in [1.54, 1.807) is 7.11 Å². The molecule has 3 nitrogen and oxygen atoms in total. The molecule has 0 bridgehead atoms. The molecular weight excluding hydrogens is 195 g/mol. The van der Waals surface area contributed by atoms with Gasteiger partial charge in [-0.15, -0.1) is 0 Å². The van der Waals surface area contributed by atoms with Crippen LogP contribution >= 0.6 is 0 Å². The Labute approximate surface area is 88.9 Å². The number of halogens is 1. The van der Waals surface area contributed by atoms with Crippen LogP contribution in [0.15, 0.2) is 18.3 Å². The van der Waals surface area contributed by atoms with Gasteiger partial charge in [0.25, 0.3) is 0 Å². The van der Waals surface area contributed by atoms with Crippen molar-refractivity contribution in [2.75, 3.05) is 25.1 Å². The molecule has 1 saturated heterocycles. The Bertz CT molecular complexity index is 358. The number of rotatable bonds is 2. The van der Waals surface area contributed by atoms with Crippen molar-refractivity contribution >= 4 is 5.69 Å². The minimum Gasteiger partial charge on any atom is -0.377 e. The summed E-state index contributed by atoms with van der Waals surface area (Å²) < 4.78 is 18.4. The van der Waals surface area contributed by atoms with Crippen molar-refractivity contribution in [2.45, 2.75) is 18.9 Å². The fraction of sp³-hybridized carbons (Fsp3) is 0.545. The van der Waals surface area contributed by atoms with Crippen molar-refractivity contribution in [1.29, 1.82) is 0 Å². The van der Waals surface area contributed by atoms with E-state index < -0.39 is 5.95 Å². The van der Waals surface area contributed by atoms with Gasteiger partial charge in [-0.3, -0.25) is 0 Å². The van der Waals surface area contributed by atoms with Crippen LogP contribution in [0.2, 0.25) is 0 Å². The molecule has 1 fully saturated rings. The van der Waals surface area contributed by atoms with Gasteiger partial charge in [-0.25, -0.2) is 4.98 Å². The lowest BCUT2D eigenvalue weighted by molar-refractivity contribution is 0.0257. The summed E-state index contributed by atoms with van der Waals surface area (Å²) in [6.45, 7) is 3.77. The molecule has 0 saturated carbocycles. The van der Waals surface area contributed by atoms with Gasteiger partial charge in [0.05, 0.1) is 5.60 Å². The fourth-order valence-electron chi connectivity index (χ4n) is 1.91. The normalized spacial score (nSPS) is 25.9. The molecule has 15 heavy (non-hydrogen) atoms. The minimum atomic E-state index is -0.432. The standard InChI is InChI=1S/C11H15FN2O/c1-11(15-2)4-6-14(8-11)9-3-5-13-10(12)7-9/h3,5,7H,4,6,8H2,1-2H3. The molecule has 1 unspecified atom stereocenters. The van der Waals surface area contributed by atoms with Crippen molar-refractivity contribution in [1.82, 2.24) is 4.98 Å². The number of aromatic nitrogens is 1. The van der Waals surface area contributed by atoms with Gasteiger partial charge in [0.15, 0.2) is 0 Å². The quantitative estimate of drug-likeness (QED) is 0.696. The number of anilines is 1. The Morgan fingerprint density at radius 2 is 2.40 bits per heavy atom. The zero-order valence-corrected chi connectivity index (χ0v) is 9.03. The summed E-state index contributed by atoms with van der Waals surface area (Å²) in [7, 11) is 1.72. The lowest BCUT2D eigenvalue weighted by Gasteiger charge is -2.23. The maximum Gasteiger partial charge on any atom is 0.214 e. The van der Waals surface area contributed by atoms with Crippen LogP contribution in [-0.2, 0) is 4.74 Å². The molecule has 0 N–H and O–H groups in total. The summed E-state index contributed by atoms with van der Waals surface area (Å²) in [6.07, 6.45) is 2.46. The molecule has 1 atom stereocenters. The second-order valence-electron chi connectivity index (χ2n) is 4.16. The summed E-state index contributed by atoms with van der Waals surface area (Å²) in [5, 5.41) is 0. The van der Waals surface area contributed by atoms with E-state index in [0.29, 0.717) is 0 Å². The third-order valence-corrected chi connectivity index (χ3v) is 3.00. The Morgan fingerprint density at radius 1 is 1.60 bits per heavy atom. The van der Waals surface area contributed by atoms with Crippen molar-refractivity contribution in [3.63, 3.8) is 0 Å². The van der Waals surface area contributed by atoms with E-state index in [4.69, 9.17) is 4.74 Å². The van der Waals surface area contributed by atoms with Gasteiger partial charge in [0.1, 0.15) is 0 Å². The van der Waals surface area contributed by atoms with E-state index in [2.05, 4.69) is 16.8 Å². The topological polar surface area (TPSA) is 25.4 Å². The van der Waals surface area contributed by atoms with Crippen LogP contribution in [0.1, 0.15) is 13.3 Å². The fourth-order valence-corrected chi connectivity index (χ4v) is 1.91. The van der Waals surface area contributed by atoms with Gasteiger partial charge in [0.2, 0.25) is 5.95 Å². The van der Waals surface area contributed by atoms with Crippen LogP contribution in [0.4, 0.5) is 10.1 Å². The Kier molecular flexibility index (Phi) is 2.61. The lowest BCUT2D eigenvalue weighted by atomic mass is 10.1. The van der Waals surface area contributed by atoms with Crippen LogP contribution in [0.5, 0.6) is 0 Å². The number of hydrogen-bond acceptors (Lipinski definition) is 3. The number of hydrogen-bond donors (Lipinski definition) is 0. The maximum absolute atomic E-state index is 12.9. The van der Waals surface area contributed by atoms with E-state index >= 15 is 0 Å². The largest absolute Gasteiger partial charge is 0.377 e. The average Bonchev–Trinajstić information content (AvgIpc) is 2.62. The lowest BCUT2D eigenvalue weighted by Crippen LogP contribution is -2.31. The van der Waals surface area contributed by atoms with Gasteiger partial charge >= 0.3 is 0 Å². The number of methoxy groups -OCH3 is 1. The molecule has 0 aliphatic carbocycles. The van der Waals surface area contributed by atoms with Gasteiger partial charge in [-0.05, 0) is 19.4 Å². The zero-order chi connectivity index (χ0) is 10.9. The van der Waals surface area contributed by atoms with Crippen molar-refractivity contribution in [3.05, 3.63) is 24.3 Å². The molecule has 0 radical (unpaired) electrons. The minimum absolute atomic E-state index is 0.111. The molecule has 82 valence electrons. The first kappa shape index (κ1) is 10.4. The summed E-state index contributed by atoms with van der Waals surface area (Å²) in [4.78, 5) is 5.66. The number of ether oxygens (including phenoxy) is 1. The van der Waals surface area contributed by atoms with Crippen molar-refractivity contribution in [3.8, 4) is 0 Å². The molecule has 0 aromatic carbocycles. The second kappa shape index (κ2) is 3.77. The molecule has 1 aliphatic heterocycles. The Morgan fingerprint density at radius 3 is 3.00 bits per heavy atom. The summed E-state index contributed by atoms with van der Waals surface area (Å²) in [6, 6.07) is 3.28. The second-order valence-corrected chi connectivity index (χ2v) is 4.16. The van der Waals surface area contributed by atoms with Gasteiger partial charge in [-0.1, -0.05) is 0 Å². The molecular formula is C11H15FN2O. The first-order valence-corrected chi connectivity index (χ1v) is 5.05. The maximum atomic E-state index is 12.9. The highest BCUT2D eigenvalue weighted by Crippen LogP contribution is 2.28. The van der Waals surface area contributed by atoms with E-state index in [0.717, 1.165) is 25.2 Å². The predicted molar refractivity (Wildman–Crippen MR) is 56.4 cm³/mol. The van der Waals surface area contributed by atoms with Crippen LogP contribution in [0.3, 0.4) is 0 Å². The van der Waals surface area contributed by atoms with Crippen LogP contribution in [0, 0.1) is 5.95 Å². The molecule has 0 amide bonds. The van der Waals surface area contributed by atoms with Crippen LogP contribution < -0.4 is 4.90 Å². The van der Waals surface area contributed by atoms with E-state index in [1.807, 2.05) is 6.07 Å². The highest BCUT2D eigenvalue weighted by Gasteiger charge is 2.33. The molecule has 1 aliphatic rings. The Balaban J connectivity index is 2.14. The highest BCUT2D eigenvalue weighted by atomic mass is 19.1. The van der Waals surface area contributed by atoms with E-state index in [1.165, 1.54) is 12.3 Å². The molecule has 2 rings (SSSR count). The molecule has 1 aromatic rings. The monoisotopic (exact) mass is 210 g/mol. The molecule has 4 heteroatoms. The molecule has 0 spiro atoms. The van der Waals surface area contributed by atoms with Crippen molar-refractivity contribution in [2.24, 2.45) is 0 Å². The molecule has 1 aromatic heterocycles. The summed E-state index contributed by atoms with van der Waals surface area (Å²) in [5.74, 6) is -0.432.